The van der Waals surface area contributed by atoms with Crippen LogP contribution in [0.2, 0.25) is 0 Å². The van der Waals surface area contributed by atoms with Gasteiger partial charge in [-0.1, -0.05) is 15.9 Å². The molecular formula is C16H22BrN3. The van der Waals surface area contributed by atoms with Crippen LogP contribution in [0.4, 0.5) is 5.69 Å². The highest BCUT2D eigenvalue weighted by Crippen LogP contribution is 2.33. The molecule has 3 nitrogen and oxygen atoms in total. The van der Waals surface area contributed by atoms with Gasteiger partial charge in [-0.15, -0.1) is 0 Å². The van der Waals surface area contributed by atoms with Crippen molar-refractivity contribution in [3.63, 3.8) is 0 Å². The van der Waals surface area contributed by atoms with Gasteiger partial charge >= 0.3 is 0 Å². The second-order valence-corrected chi connectivity index (χ2v) is 6.94. The summed E-state index contributed by atoms with van der Waals surface area (Å²) in [5, 5.41) is 12.6. The van der Waals surface area contributed by atoms with Gasteiger partial charge in [0.1, 0.15) is 0 Å². The molecule has 0 radical (unpaired) electrons. The molecular weight excluding hydrogens is 314 g/mol. The summed E-state index contributed by atoms with van der Waals surface area (Å²) in [6.45, 7) is 8.51. The molecule has 0 aromatic heterocycles. The van der Waals surface area contributed by atoms with Crippen molar-refractivity contribution in [1.82, 2.24) is 5.32 Å². The third kappa shape index (κ3) is 3.16. The lowest BCUT2D eigenvalue weighted by molar-refractivity contribution is 0.418. The van der Waals surface area contributed by atoms with Gasteiger partial charge in [-0.05, 0) is 57.5 Å². The lowest BCUT2D eigenvalue weighted by atomic mass is 9.95. The molecule has 0 spiro atoms. The largest absolute Gasteiger partial charge is 0.361 e. The number of hydrogen-bond donors (Lipinski definition) is 1. The van der Waals surface area contributed by atoms with Crippen LogP contribution in [0.3, 0.4) is 0 Å². The number of aryl methyl sites for hydroxylation is 1. The molecule has 20 heavy (non-hydrogen) atoms. The van der Waals surface area contributed by atoms with Crippen LogP contribution in [0.1, 0.15) is 32.3 Å². The number of halogens is 1. The summed E-state index contributed by atoms with van der Waals surface area (Å²) in [4.78, 5) is 2.43. The molecule has 1 aromatic carbocycles. The first-order valence-electron chi connectivity index (χ1n) is 7.09. The van der Waals surface area contributed by atoms with Crippen molar-refractivity contribution in [2.75, 3.05) is 18.0 Å². The van der Waals surface area contributed by atoms with E-state index in [4.69, 9.17) is 5.26 Å². The summed E-state index contributed by atoms with van der Waals surface area (Å²) in [5.74, 6) is 0. The van der Waals surface area contributed by atoms with Crippen molar-refractivity contribution in [1.29, 1.82) is 5.26 Å². The van der Waals surface area contributed by atoms with Gasteiger partial charge < -0.3 is 10.2 Å². The maximum Gasteiger partial charge on any atom is 0.0643 e. The molecule has 0 saturated carbocycles. The van der Waals surface area contributed by atoms with Crippen molar-refractivity contribution in [3.05, 3.63) is 28.2 Å². The van der Waals surface area contributed by atoms with E-state index in [1.807, 2.05) is 0 Å². The summed E-state index contributed by atoms with van der Waals surface area (Å²) in [6, 6.07) is 9.02. The molecule has 1 aliphatic rings. The van der Waals surface area contributed by atoms with Gasteiger partial charge in [-0.3, -0.25) is 0 Å². The Bertz CT molecular complexity index is 519. The van der Waals surface area contributed by atoms with Crippen LogP contribution in [-0.2, 0) is 0 Å². The highest BCUT2D eigenvalue weighted by Gasteiger charge is 2.34. The van der Waals surface area contributed by atoms with Crippen LogP contribution in [0.15, 0.2) is 22.7 Å². The van der Waals surface area contributed by atoms with Crippen LogP contribution >= 0.6 is 15.9 Å². The maximum absolute atomic E-state index is 9.13. The zero-order chi connectivity index (χ0) is 14.8. The predicted octanol–water partition coefficient (Wildman–Crippen LogP) is 3.62. The lowest BCUT2D eigenvalue weighted by Gasteiger charge is -2.43. The SMILES string of the molecule is Cc1cc(N2C(CC#N)CNCCC2(C)C)ccc1Br. The van der Waals surface area contributed by atoms with Gasteiger partial charge in [0.15, 0.2) is 0 Å². The predicted molar refractivity (Wildman–Crippen MR) is 86.9 cm³/mol. The molecule has 1 aliphatic heterocycles. The molecule has 1 fully saturated rings. The standard InChI is InChI=1S/C16H22BrN3/c1-12-10-13(4-5-15(12)17)20-14(6-8-18)11-19-9-7-16(20,2)3/h4-5,10,14,19H,6-7,9,11H2,1-3H3. The monoisotopic (exact) mass is 335 g/mol. The smallest absolute Gasteiger partial charge is 0.0643 e. The first-order valence-corrected chi connectivity index (χ1v) is 7.88. The Kier molecular flexibility index (Phi) is 4.72. The zero-order valence-corrected chi connectivity index (χ0v) is 14.0. The van der Waals surface area contributed by atoms with Crippen molar-refractivity contribution in [2.45, 2.75) is 45.2 Å². The van der Waals surface area contributed by atoms with Gasteiger partial charge in [-0.25, -0.2) is 0 Å². The van der Waals surface area contributed by atoms with E-state index >= 15 is 0 Å². The minimum Gasteiger partial charge on any atom is -0.361 e. The Balaban J connectivity index is 2.44. The number of anilines is 1. The molecule has 1 heterocycles. The Labute approximate surface area is 130 Å². The molecule has 1 unspecified atom stereocenters. The first kappa shape index (κ1) is 15.3. The van der Waals surface area contributed by atoms with Gasteiger partial charge in [0, 0.05) is 22.2 Å². The third-order valence-electron chi connectivity index (χ3n) is 4.06. The number of benzene rings is 1. The minimum absolute atomic E-state index is 0.0469. The van der Waals surface area contributed by atoms with Gasteiger partial charge in [0.2, 0.25) is 0 Å². The number of rotatable bonds is 2. The number of nitriles is 1. The minimum atomic E-state index is 0.0469. The quantitative estimate of drug-likeness (QED) is 0.897. The fourth-order valence-corrected chi connectivity index (χ4v) is 3.22. The van der Waals surface area contributed by atoms with Crippen molar-refractivity contribution >= 4 is 21.6 Å². The number of nitrogens with one attached hydrogen (secondary N) is 1. The number of hydrogen-bond acceptors (Lipinski definition) is 3. The summed E-state index contributed by atoms with van der Waals surface area (Å²) in [7, 11) is 0. The normalized spacial score (nSPS) is 22.1. The van der Waals surface area contributed by atoms with Crippen molar-refractivity contribution < 1.29 is 0 Å². The van der Waals surface area contributed by atoms with Crippen LogP contribution in [0.5, 0.6) is 0 Å². The lowest BCUT2D eigenvalue weighted by Crippen LogP contribution is -2.50. The Morgan fingerprint density at radius 2 is 2.25 bits per heavy atom. The summed E-state index contributed by atoms with van der Waals surface area (Å²) in [6.07, 6.45) is 1.62. The molecule has 2 rings (SSSR count). The maximum atomic E-state index is 9.13. The Hall–Kier alpha value is -1.05. The second-order valence-electron chi connectivity index (χ2n) is 6.09. The molecule has 1 aromatic rings. The Morgan fingerprint density at radius 1 is 1.50 bits per heavy atom. The fourth-order valence-electron chi connectivity index (χ4n) is 2.98. The van der Waals surface area contributed by atoms with Gasteiger partial charge in [-0.2, -0.15) is 5.26 Å². The van der Waals surface area contributed by atoms with Crippen molar-refractivity contribution in [3.8, 4) is 6.07 Å². The average molecular weight is 336 g/mol. The second kappa shape index (κ2) is 6.15. The van der Waals surface area contributed by atoms with Crippen LogP contribution in [-0.4, -0.2) is 24.7 Å². The van der Waals surface area contributed by atoms with Crippen LogP contribution in [0, 0.1) is 18.3 Å². The molecule has 0 aliphatic carbocycles. The van der Waals surface area contributed by atoms with E-state index in [-0.39, 0.29) is 11.6 Å². The average Bonchev–Trinajstić information content (AvgIpc) is 2.52. The van der Waals surface area contributed by atoms with Gasteiger partial charge in [0.05, 0.1) is 18.5 Å². The van der Waals surface area contributed by atoms with Crippen LogP contribution in [0.25, 0.3) is 0 Å². The van der Waals surface area contributed by atoms with E-state index in [1.165, 1.54) is 11.3 Å². The van der Waals surface area contributed by atoms with Crippen LogP contribution < -0.4 is 10.2 Å². The zero-order valence-electron chi connectivity index (χ0n) is 12.4. The molecule has 0 amide bonds. The van der Waals surface area contributed by atoms with E-state index in [0.29, 0.717) is 6.42 Å². The molecule has 4 heteroatoms. The van der Waals surface area contributed by atoms with E-state index in [2.05, 4.69) is 71.2 Å². The van der Waals surface area contributed by atoms with E-state index in [1.54, 1.807) is 0 Å². The van der Waals surface area contributed by atoms with E-state index in [9.17, 15) is 0 Å². The van der Waals surface area contributed by atoms with E-state index < -0.39 is 0 Å². The first-order chi connectivity index (χ1) is 9.45. The number of nitrogens with zero attached hydrogens (tertiary/aromatic N) is 2. The molecule has 108 valence electrons. The van der Waals surface area contributed by atoms with E-state index in [0.717, 1.165) is 24.0 Å². The molecule has 1 saturated heterocycles. The third-order valence-corrected chi connectivity index (χ3v) is 4.95. The van der Waals surface area contributed by atoms with Crippen molar-refractivity contribution in [2.24, 2.45) is 0 Å². The molecule has 0 bridgehead atoms. The highest BCUT2D eigenvalue weighted by atomic mass is 79.9. The highest BCUT2D eigenvalue weighted by molar-refractivity contribution is 9.10. The summed E-state index contributed by atoms with van der Waals surface area (Å²) >= 11 is 3.56. The van der Waals surface area contributed by atoms with Gasteiger partial charge in [0.25, 0.3) is 0 Å². The molecule has 1 N–H and O–H groups in total. The fraction of sp³-hybridized carbons (Fsp3) is 0.562. The summed E-state index contributed by atoms with van der Waals surface area (Å²) < 4.78 is 1.13. The summed E-state index contributed by atoms with van der Waals surface area (Å²) in [5.41, 5.74) is 2.48. The molecule has 1 atom stereocenters. The topological polar surface area (TPSA) is 39.1 Å². The Morgan fingerprint density at radius 3 is 2.90 bits per heavy atom.